The van der Waals surface area contributed by atoms with Gasteiger partial charge in [-0.3, -0.25) is 4.79 Å². The Morgan fingerprint density at radius 1 is 1.33 bits per heavy atom. The fraction of sp³-hybridized carbons (Fsp3) is 0.588. The van der Waals surface area contributed by atoms with Crippen molar-refractivity contribution < 1.29 is 4.79 Å². The first-order chi connectivity index (χ1) is 9.87. The maximum Gasteiger partial charge on any atom is 0.224 e. The van der Waals surface area contributed by atoms with E-state index in [-0.39, 0.29) is 11.4 Å². The lowest BCUT2D eigenvalue weighted by Crippen LogP contribution is -2.40. The van der Waals surface area contributed by atoms with E-state index in [0.717, 1.165) is 23.9 Å². The minimum Gasteiger partial charge on any atom is -0.335 e. The molecule has 1 N–H and O–H groups in total. The number of nitrogens with zero attached hydrogens (tertiary/aromatic N) is 1. The largest absolute Gasteiger partial charge is 0.335 e. The monoisotopic (exact) mass is 352 g/mol. The van der Waals surface area contributed by atoms with Gasteiger partial charge >= 0.3 is 0 Å². The molecule has 21 heavy (non-hydrogen) atoms. The molecule has 1 aliphatic rings. The van der Waals surface area contributed by atoms with Gasteiger partial charge in [0.15, 0.2) is 0 Å². The molecule has 1 aromatic rings. The van der Waals surface area contributed by atoms with Crippen LogP contribution in [0.3, 0.4) is 0 Å². The number of benzene rings is 1. The first-order valence-corrected chi connectivity index (χ1v) is 8.44. The van der Waals surface area contributed by atoms with E-state index in [2.05, 4.69) is 48.1 Å². The Morgan fingerprint density at radius 2 is 2.00 bits per heavy atom. The molecular weight excluding hydrogens is 328 g/mol. The van der Waals surface area contributed by atoms with Crippen molar-refractivity contribution >= 4 is 21.8 Å². The normalized spacial score (nSPS) is 15.0. The second-order valence-corrected chi connectivity index (χ2v) is 7.63. The highest BCUT2D eigenvalue weighted by molar-refractivity contribution is 9.10. The van der Waals surface area contributed by atoms with Crippen molar-refractivity contribution in [3.05, 3.63) is 34.3 Å². The van der Waals surface area contributed by atoms with Gasteiger partial charge in [-0.05, 0) is 45.2 Å². The van der Waals surface area contributed by atoms with E-state index in [1.54, 1.807) is 0 Å². The molecule has 0 saturated heterocycles. The average molecular weight is 353 g/mol. The van der Waals surface area contributed by atoms with Crippen molar-refractivity contribution in [3.63, 3.8) is 0 Å². The number of nitrogens with one attached hydrogen (secondary N) is 1. The molecule has 1 fully saturated rings. The van der Waals surface area contributed by atoms with Crippen LogP contribution < -0.4 is 5.32 Å². The summed E-state index contributed by atoms with van der Waals surface area (Å²) in [5.41, 5.74) is 1.24. The molecule has 0 spiro atoms. The molecule has 1 aliphatic carbocycles. The Bertz CT molecular complexity index is 492. The zero-order valence-electron chi connectivity index (χ0n) is 13.2. The number of hydrogen-bond donors (Lipinski definition) is 1. The number of rotatable bonds is 6. The van der Waals surface area contributed by atoms with E-state index in [9.17, 15) is 4.79 Å². The molecule has 2 rings (SSSR count). The Morgan fingerprint density at radius 3 is 2.57 bits per heavy atom. The van der Waals surface area contributed by atoms with Crippen molar-refractivity contribution in [2.75, 3.05) is 6.54 Å². The molecule has 1 amide bonds. The van der Waals surface area contributed by atoms with Gasteiger partial charge < -0.3 is 10.2 Å². The van der Waals surface area contributed by atoms with Crippen LogP contribution in [0.5, 0.6) is 0 Å². The maximum atomic E-state index is 12.5. The highest BCUT2D eigenvalue weighted by atomic mass is 79.9. The lowest BCUT2D eigenvalue weighted by atomic mass is 10.1. The standard InChI is InChI=1S/C17H25BrN2O/c1-17(2,3)19-11-10-16(21)20(14-8-9-14)12-13-6-4-5-7-15(13)18/h4-7,14,19H,8-12H2,1-3H3. The summed E-state index contributed by atoms with van der Waals surface area (Å²) in [5.74, 6) is 0.255. The van der Waals surface area contributed by atoms with Crippen molar-refractivity contribution in [1.82, 2.24) is 10.2 Å². The number of amides is 1. The number of carbonyl (C=O) groups excluding carboxylic acids is 1. The lowest BCUT2D eigenvalue weighted by Gasteiger charge is -2.25. The lowest BCUT2D eigenvalue weighted by molar-refractivity contribution is -0.132. The predicted octanol–water partition coefficient (Wildman–Crippen LogP) is 3.72. The predicted molar refractivity (Wildman–Crippen MR) is 90.1 cm³/mol. The van der Waals surface area contributed by atoms with Crippen molar-refractivity contribution in [2.45, 2.75) is 58.2 Å². The third-order valence-electron chi connectivity index (χ3n) is 3.60. The number of carbonyl (C=O) groups is 1. The first kappa shape index (κ1) is 16.5. The van der Waals surface area contributed by atoms with Crippen LogP contribution in [-0.2, 0) is 11.3 Å². The van der Waals surface area contributed by atoms with Crippen LogP contribution in [0.15, 0.2) is 28.7 Å². The molecule has 0 radical (unpaired) electrons. The summed E-state index contributed by atoms with van der Waals surface area (Å²) in [6.45, 7) is 7.81. The molecule has 0 heterocycles. The van der Waals surface area contributed by atoms with Crippen molar-refractivity contribution in [2.24, 2.45) is 0 Å². The number of hydrogen-bond acceptors (Lipinski definition) is 2. The molecule has 0 aliphatic heterocycles. The molecule has 1 aromatic carbocycles. The zero-order chi connectivity index (χ0) is 15.5. The van der Waals surface area contributed by atoms with E-state index in [4.69, 9.17) is 0 Å². The molecular formula is C17H25BrN2O. The molecule has 116 valence electrons. The third kappa shape index (κ3) is 5.44. The van der Waals surface area contributed by atoms with E-state index < -0.39 is 0 Å². The Labute approximate surface area is 136 Å². The van der Waals surface area contributed by atoms with Crippen LogP contribution in [-0.4, -0.2) is 28.9 Å². The topological polar surface area (TPSA) is 32.3 Å². The molecule has 0 unspecified atom stereocenters. The molecule has 0 atom stereocenters. The summed E-state index contributed by atoms with van der Waals surface area (Å²) >= 11 is 3.57. The fourth-order valence-electron chi connectivity index (χ4n) is 2.31. The number of halogens is 1. The second kappa shape index (κ2) is 6.93. The van der Waals surface area contributed by atoms with Crippen LogP contribution in [0.1, 0.15) is 45.6 Å². The van der Waals surface area contributed by atoms with Gasteiger partial charge in [-0.15, -0.1) is 0 Å². The molecule has 0 aromatic heterocycles. The van der Waals surface area contributed by atoms with Gasteiger partial charge in [-0.1, -0.05) is 34.1 Å². The Kier molecular flexibility index (Phi) is 5.44. The van der Waals surface area contributed by atoms with Gasteiger partial charge in [-0.25, -0.2) is 0 Å². The summed E-state index contributed by atoms with van der Waals surface area (Å²) in [4.78, 5) is 14.5. The van der Waals surface area contributed by atoms with Crippen LogP contribution in [0.25, 0.3) is 0 Å². The third-order valence-corrected chi connectivity index (χ3v) is 4.37. The van der Waals surface area contributed by atoms with Gasteiger partial charge in [0.1, 0.15) is 0 Å². The zero-order valence-corrected chi connectivity index (χ0v) is 14.7. The van der Waals surface area contributed by atoms with Crippen LogP contribution in [0, 0.1) is 0 Å². The summed E-state index contributed by atoms with van der Waals surface area (Å²) in [7, 11) is 0. The van der Waals surface area contributed by atoms with E-state index in [1.165, 1.54) is 5.56 Å². The quantitative estimate of drug-likeness (QED) is 0.845. The van der Waals surface area contributed by atoms with E-state index in [0.29, 0.717) is 19.0 Å². The second-order valence-electron chi connectivity index (χ2n) is 6.77. The smallest absolute Gasteiger partial charge is 0.224 e. The maximum absolute atomic E-state index is 12.5. The summed E-state index contributed by atoms with van der Waals surface area (Å²) in [6.07, 6.45) is 2.85. The van der Waals surface area contributed by atoms with Crippen LogP contribution >= 0.6 is 15.9 Å². The van der Waals surface area contributed by atoms with Gasteiger partial charge in [0.25, 0.3) is 0 Å². The van der Waals surface area contributed by atoms with E-state index >= 15 is 0 Å². The van der Waals surface area contributed by atoms with Crippen molar-refractivity contribution in [1.29, 1.82) is 0 Å². The summed E-state index contributed by atoms with van der Waals surface area (Å²) in [6, 6.07) is 8.59. The van der Waals surface area contributed by atoms with Gasteiger partial charge in [0.05, 0.1) is 0 Å². The van der Waals surface area contributed by atoms with Gasteiger partial charge in [0, 0.05) is 35.6 Å². The summed E-state index contributed by atoms with van der Waals surface area (Å²) in [5, 5.41) is 3.39. The van der Waals surface area contributed by atoms with Crippen LogP contribution in [0.2, 0.25) is 0 Å². The minimum absolute atomic E-state index is 0.0626. The highest BCUT2D eigenvalue weighted by Crippen LogP contribution is 2.30. The van der Waals surface area contributed by atoms with E-state index in [1.807, 2.05) is 23.1 Å². The fourth-order valence-corrected chi connectivity index (χ4v) is 2.72. The van der Waals surface area contributed by atoms with Crippen molar-refractivity contribution in [3.8, 4) is 0 Å². The molecule has 0 bridgehead atoms. The Balaban J connectivity index is 1.93. The minimum atomic E-state index is 0.0626. The molecule has 1 saturated carbocycles. The molecule has 4 heteroatoms. The SMILES string of the molecule is CC(C)(C)NCCC(=O)N(Cc1ccccc1Br)C1CC1. The van der Waals surface area contributed by atoms with Gasteiger partial charge in [-0.2, -0.15) is 0 Å². The Hall–Kier alpha value is -0.870. The average Bonchev–Trinajstić information content (AvgIpc) is 3.20. The van der Waals surface area contributed by atoms with Crippen LogP contribution in [0.4, 0.5) is 0 Å². The molecule has 3 nitrogen and oxygen atoms in total. The summed E-state index contributed by atoms with van der Waals surface area (Å²) < 4.78 is 1.08. The van der Waals surface area contributed by atoms with Gasteiger partial charge in [0.2, 0.25) is 5.91 Å². The highest BCUT2D eigenvalue weighted by Gasteiger charge is 2.32. The first-order valence-electron chi connectivity index (χ1n) is 7.65.